The average molecular weight is 608 g/mol. The second-order valence-electron chi connectivity index (χ2n) is 5.09. The maximum Gasteiger partial charge on any atom is 0.460 e. The second kappa shape index (κ2) is 7.34. The Kier molecular flexibility index (Phi) is 7.13. The monoisotopic (exact) mass is 608 g/mol. The van der Waals surface area contributed by atoms with E-state index in [0.717, 1.165) is 0 Å². The molecule has 30 heavy (non-hydrogen) atoms. The van der Waals surface area contributed by atoms with E-state index in [2.05, 4.69) is 0 Å². The van der Waals surface area contributed by atoms with Crippen molar-refractivity contribution in [3.05, 3.63) is 9.66 Å². The molecule has 0 aliphatic heterocycles. The van der Waals surface area contributed by atoms with Crippen molar-refractivity contribution in [2.45, 2.75) is 47.6 Å². The van der Waals surface area contributed by atoms with Gasteiger partial charge in [0.2, 0.25) is 5.83 Å². The van der Waals surface area contributed by atoms with Crippen LogP contribution in [0.5, 0.6) is 0 Å². The maximum atomic E-state index is 13.2. The van der Waals surface area contributed by atoms with Crippen molar-refractivity contribution in [3.63, 3.8) is 0 Å². The van der Waals surface area contributed by atoms with Gasteiger partial charge in [0.1, 0.15) is 0 Å². The lowest BCUT2D eigenvalue weighted by Crippen LogP contribution is -2.74. The molecule has 0 aromatic carbocycles. The molecule has 0 aliphatic rings. The lowest BCUT2D eigenvalue weighted by atomic mass is 9.89. The van der Waals surface area contributed by atoms with Crippen LogP contribution in [0, 0.1) is 0 Å². The van der Waals surface area contributed by atoms with Crippen LogP contribution in [0.3, 0.4) is 0 Å². The zero-order valence-corrected chi connectivity index (χ0v) is 14.7. The summed E-state index contributed by atoms with van der Waals surface area (Å²) in [6.07, 6.45) is -7.86. The molecule has 20 heteroatoms. The molecule has 0 aromatic heterocycles. The molecule has 0 spiro atoms. The highest BCUT2D eigenvalue weighted by atomic mass is 127. The molecule has 0 fully saturated rings. The number of hydrogen-bond donors (Lipinski definition) is 0. The zero-order valence-electron chi connectivity index (χ0n) is 12.6. The van der Waals surface area contributed by atoms with Crippen LogP contribution in [-0.4, -0.2) is 47.6 Å². The van der Waals surface area contributed by atoms with Gasteiger partial charge in [-0.1, -0.05) is 0 Å². The number of allylic oxidation sites excluding steroid dienone is 1. The van der Waals surface area contributed by atoms with Crippen LogP contribution in [-0.2, 0) is 0 Å². The summed E-state index contributed by atoms with van der Waals surface area (Å²) in [6.45, 7) is 0. The van der Waals surface area contributed by atoms with Gasteiger partial charge < -0.3 is 0 Å². The third-order valence-corrected chi connectivity index (χ3v) is 3.64. The van der Waals surface area contributed by atoms with Gasteiger partial charge in [-0.15, -0.1) is 0 Å². The summed E-state index contributed by atoms with van der Waals surface area (Å²) in [5, 5.41) is 0. The van der Waals surface area contributed by atoms with Crippen LogP contribution in [0.4, 0.5) is 83.4 Å². The highest BCUT2D eigenvalue weighted by Crippen LogP contribution is 2.64. The first-order valence-electron chi connectivity index (χ1n) is 6.03. The van der Waals surface area contributed by atoms with Gasteiger partial charge in [-0.05, 0) is 22.6 Å². The van der Waals surface area contributed by atoms with Crippen LogP contribution in [0.25, 0.3) is 0 Å². The van der Waals surface area contributed by atoms with Crippen molar-refractivity contribution in [1.29, 1.82) is 0 Å². The van der Waals surface area contributed by atoms with Crippen molar-refractivity contribution in [3.8, 4) is 0 Å². The van der Waals surface area contributed by atoms with E-state index < -0.39 is 57.3 Å². The average Bonchev–Trinajstić information content (AvgIpc) is 2.51. The molecule has 0 nitrogen and oxygen atoms in total. The summed E-state index contributed by atoms with van der Waals surface area (Å²) >= 11 is -0.269. The molecule has 0 aromatic rings. The Hall–Kier alpha value is -0.860. The number of hydrogen-bond acceptors (Lipinski definition) is 0. The van der Waals surface area contributed by atoms with Crippen molar-refractivity contribution in [1.82, 2.24) is 0 Å². The molecule has 0 rings (SSSR count). The molecule has 0 heterocycles. The van der Waals surface area contributed by atoms with Gasteiger partial charge in [0, 0.05) is 0 Å². The summed E-state index contributed by atoms with van der Waals surface area (Å²) in [4.78, 5) is 0. The molecular weight excluding hydrogens is 608 g/mol. The van der Waals surface area contributed by atoms with Crippen LogP contribution < -0.4 is 0 Å². The molecule has 0 amide bonds. The molecule has 0 saturated carbocycles. The van der Waals surface area contributed by atoms with E-state index in [0.29, 0.717) is 0 Å². The maximum absolute atomic E-state index is 13.2. The van der Waals surface area contributed by atoms with Crippen LogP contribution >= 0.6 is 22.6 Å². The molecule has 0 bridgehead atoms. The van der Waals surface area contributed by atoms with Crippen molar-refractivity contribution in [2.75, 3.05) is 0 Å². The Labute approximate surface area is 164 Å². The first-order chi connectivity index (χ1) is 12.6. The molecule has 0 aliphatic carbocycles. The van der Waals surface area contributed by atoms with Gasteiger partial charge in [0.15, 0.2) is 3.83 Å². The molecular formula is C10F19I. The molecule has 180 valence electrons. The van der Waals surface area contributed by atoms with E-state index in [9.17, 15) is 83.4 Å². The van der Waals surface area contributed by atoms with Gasteiger partial charge in [-0.3, -0.25) is 0 Å². The summed E-state index contributed by atoms with van der Waals surface area (Å²) < 4.78 is 239. The van der Waals surface area contributed by atoms with E-state index in [1.165, 1.54) is 0 Å². The van der Waals surface area contributed by atoms with Gasteiger partial charge in [-0.25, -0.2) is 4.39 Å². The van der Waals surface area contributed by atoms with E-state index in [-0.39, 0.29) is 22.6 Å². The molecule has 0 atom stereocenters. The SMILES string of the molecule is FC(I)=C(F)C(F)(F)C(F)(F)C(F)(F)C(F)(F)C(F)(F)C(F)(F)C(F)(F)C(F)(F)F. The predicted molar refractivity (Wildman–Crippen MR) is 63.9 cm³/mol. The minimum atomic E-state index is -8.83. The topological polar surface area (TPSA) is 0 Å². The number of rotatable bonds is 7. The Morgan fingerprint density at radius 3 is 0.867 bits per heavy atom. The van der Waals surface area contributed by atoms with Crippen molar-refractivity contribution < 1.29 is 83.4 Å². The van der Waals surface area contributed by atoms with E-state index in [1.54, 1.807) is 0 Å². The summed E-state index contributed by atoms with van der Waals surface area (Å²) in [6, 6.07) is 0. The lowest BCUT2D eigenvalue weighted by Gasteiger charge is -2.42. The summed E-state index contributed by atoms with van der Waals surface area (Å²) in [7, 11) is 0. The standard InChI is InChI=1S/C10F19I/c11-1(2(12)30)3(13,14)4(15,16)5(17,18)6(19,20)7(21,22)8(23,24)9(25,26)10(27,28)29. The normalized spacial score (nSPS) is 17.2. The van der Waals surface area contributed by atoms with Gasteiger partial charge in [0.05, 0.1) is 0 Å². The number of alkyl halides is 17. The van der Waals surface area contributed by atoms with Crippen molar-refractivity contribution in [2.24, 2.45) is 0 Å². The quantitative estimate of drug-likeness (QED) is 0.207. The van der Waals surface area contributed by atoms with Crippen LogP contribution in [0.15, 0.2) is 9.66 Å². The van der Waals surface area contributed by atoms with E-state index >= 15 is 0 Å². The smallest absolute Gasteiger partial charge is 0.201 e. The van der Waals surface area contributed by atoms with Crippen LogP contribution in [0.1, 0.15) is 0 Å². The Morgan fingerprint density at radius 1 is 0.400 bits per heavy atom. The highest BCUT2D eigenvalue weighted by Gasteiger charge is 2.95. The minimum absolute atomic E-state index is 0.269. The fraction of sp³-hybridized carbons (Fsp3) is 0.800. The fourth-order valence-electron chi connectivity index (χ4n) is 1.42. The predicted octanol–water partition coefficient (Wildman–Crippen LogP) is 7.54. The van der Waals surface area contributed by atoms with Gasteiger partial charge in [0.25, 0.3) is 0 Å². The third-order valence-electron chi connectivity index (χ3n) is 3.16. The van der Waals surface area contributed by atoms with Crippen molar-refractivity contribution >= 4 is 22.6 Å². The first kappa shape index (κ1) is 29.1. The van der Waals surface area contributed by atoms with Gasteiger partial charge in [-0.2, -0.15) is 79.0 Å². The highest BCUT2D eigenvalue weighted by molar-refractivity contribution is 14.1. The Bertz CT molecular complexity index is 678. The first-order valence-corrected chi connectivity index (χ1v) is 7.11. The molecule has 0 radical (unpaired) electrons. The van der Waals surface area contributed by atoms with E-state index in [4.69, 9.17) is 0 Å². The van der Waals surface area contributed by atoms with E-state index in [1.807, 2.05) is 0 Å². The summed E-state index contributed by atoms with van der Waals surface area (Å²) in [5.41, 5.74) is 0. The Balaban J connectivity index is 6.89. The molecule has 0 unspecified atom stereocenters. The minimum Gasteiger partial charge on any atom is -0.201 e. The Morgan fingerprint density at radius 2 is 0.633 bits per heavy atom. The third kappa shape index (κ3) is 3.56. The fourth-order valence-corrected chi connectivity index (χ4v) is 1.76. The zero-order chi connectivity index (χ0) is 25.2. The lowest BCUT2D eigenvalue weighted by molar-refractivity contribution is -0.460. The number of halogens is 20. The second-order valence-corrected chi connectivity index (χ2v) is 6.04. The van der Waals surface area contributed by atoms with Gasteiger partial charge >= 0.3 is 47.6 Å². The molecule has 0 saturated heterocycles. The summed E-state index contributed by atoms with van der Waals surface area (Å²) in [5.74, 6) is -63.3. The van der Waals surface area contributed by atoms with Crippen LogP contribution in [0.2, 0.25) is 0 Å². The largest absolute Gasteiger partial charge is 0.460 e. The molecule has 0 N–H and O–H groups in total.